The maximum atomic E-state index is 13.3. The van der Waals surface area contributed by atoms with E-state index in [1.165, 1.54) is 5.56 Å². The number of benzene rings is 3. The Morgan fingerprint density at radius 2 is 1.81 bits per heavy atom. The lowest BCUT2D eigenvalue weighted by Gasteiger charge is -2.31. The summed E-state index contributed by atoms with van der Waals surface area (Å²) in [6, 6.07) is 17.9. The molecule has 1 atom stereocenters. The van der Waals surface area contributed by atoms with Crippen LogP contribution in [0.2, 0.25) is 0 Å². The molecule has 226 valence electrons. The summed E-state index contributed by atoms with van der Waals surface area (Å²) in [7, 11) is 0. The van der Waals surface area contributed by atoms with Crippen LogP contribution in [-0.4, -0.2) is 48.2 Å². The second-order valence-electron chi connectivity index (χ2n) is 10.6. The van der Waals surface area contributed by atoms with Crippen LogP contribution in [0.1, 0.15) is 47.9 Å². The molecule has 0 spiro atoms. The lowest BCUT2D eigenvalue weighted by atomic mass is 9.91. The summed E-state index contributed by atoms with van der Waals surface area (Å²) < 4.78 is 11.1. The smallest absolute Gasteiger partial charge is 0.408 e. The maximum absolute atomic E-state index is 13.3. The molecule has 0 saturated heterocycles. The zero-order valence-corrected chi connectivity index (χ0v) is 24.4. The molecule has 1 aliphatic rings. The van der Waals surface area contributed by atoms with E-state index in [-0.39, 0.29) is 12.5 Å². The van der Waals surface area contributed by atoms with Gasteiger partial charge >= 0.3 is 12.1 Å². The number of amides is 3. The van der Waals surface area contributed by atoms with Crippen molar-refractivity contribution in [3.05, 3.63) is 82.9 Å². The molecular formula is C33H37N3O7. The zero-order valence-electron chi connectivity index (χ0n) is 24.4. The Hall–Kier alpha value is -4.86. The summed E-state index contributed by atoms with van der Waals surface area (Å²) in [4.78, 5) is 49.6. The third-order valence-electron chi connectivity index (χ3n) is 7.50. The molecule has 0 unspecified atom stereocenters. The van der Waals surface area contributed by atoms with Crippen LogP contribution in [0.25, 0.3) is 11.1 Å². The van der Waals surface area contributed by atoms with Crippen LogP contribution in [0.15, 0.2) is 60.7 Å². The number of primary amides is 1. The standard InChI is InChI=1S/C33H37N3O7/c1-21-8-3-14-29(22(21)2)42-17-7-15-31(38)36-16-6-12-26-25(11-5-13-28(26)36)24-10-4-9-23(18-24)20-43-33(41)35-27(32(39)40)19-30(34)37/h3-5,8-11,13-14,18,27H,6-7,12,15-17,19-20H2,1-2H3,(H2,34,37)(H,35,41)(H,39,40)/t27-/m1/s1. The molecule has 10 heteroatoms. The predicted octanol–water partition coefficient (Wildman–Crippen LogP) is 4.66. The third-order valence-corrected chi connectivity index (χ3v) is 7.50. The van der Waals surface area contributed by atoms with Crippen molar-refractivity contribution in [1.82, 2.24) is 5.32 Å². The first-order valence-corrected chi connectivity index (χ1v) is 14.3. The van der Waals surface area contributed by atoms with Gasteiger partial charge in [-0.05, 0) is 84.7 Å². The second-order valence-corrected chi connectivity index (χ2v) is 10.6. The number of fused-ring (bicyclic) bond motifs is 1. The molecule has 1 aliphatic heterocycles. The molecule has 0 fully saturated rings. The van der Waals surface area contributed by atoms with E-state index in [1.807, 2.05) is 73.3 Å². The molecule has 3 aromatic rings. The normalized spacial score (nSPS) is 13.0. The number of nitrogens with zero attached hydrogens (tertiary/aromatic N) is 1. The van der Waals surface area contributed by atoms with E-state index in [0.29, 0.717) is 31.6 Å². The Kier molecular flexibility index (Phi) is 10.4. The number of aryl methyl sites for hydroxylation is 1. The number of carboxylic acid groups (broad SMARTS) is 1. The predicted molar refractivity (Wildman–Crippen MR) is 162 cm³/mol. The van der Waals surface area contributed by atoms with Gasteiger partial charge in [-0.1, -0.05) is 42.5 Å². The summed E-state index contributed by atoms with van der Waals surface area (Å²) in [5.74, 6) is -1.33. The van der Waals surface area contributed by atoms with Gasteiger partial charge in [0, 0.05) is 18.7 Å². The van der Waals surface area contributed by atoms with Crippen molar-refractivity contribution >= 4 is 29.6 Å². The number of nitrogens with two attached hydrogens (primary N) is 1. The van der Waals surface area contributed by atoms with E-state index in [9.17, 15) is 24.3 Å². The quantitative estimate of drug-likeness (QED) is 0.261. The van der Waals surface area contributed by atoms with Crippen molar-refractivity contribution in [3.63, 3.8) is 0 Å². The fourth-order valence-corrected chi connectivity index (χ4v) is 5.14. The molecule has 10 nitrogen and oxygen atoms in total. The number of carbonyl (C=O) groups is 4. The van der Waals surface area contributed by atoms with Gasteiger partial charge in [0.2, 0.25) is 11.8 Å². The molecule has 3 aromatic carbocycles. The number of alkyl carbamates (subject to hydrolysis) is 1. The number of anilines is 1. The van der Waals surface area contributed by atoms with Crippen molar-refractivity contribution in [2.75, 3.05) is 18.1 Å². The minimum atomic E-state index is -1.47. The first-order chi connectivity index (χ1) is 20.6. The lowest BCUT2D eigenvalue weighted by molar-refractivity contribution is -0.141. The average Bonchev–Trinajstić information content (AvgIpc) is 2.99. The monoisotopic (exact) mass is 587 g/mol. The second kappa shape index (κ2) is 14.4. The number of hydrogen-bond acceptors (Lipinski definition) is 6. The highest BCUT2D eigenvalue weighted by Gasteiger charge is 2.25. The topological polar surface area (TPSA) is 148 Å². The number of carbonyl (C=O) groups excluding carboxylic acids is 3. The van der Waals surface area contributed by atoms with Gasteiger partial charge in [0.1, 0.15) is 18.4 Å². The van der Waals surface area contributed by atoms with Gasteiger partial charge in [-0.25, -0.2) is 9.59 Å². The largest absolute Gasteiger partial charge is 0.493 e. The Morgan fingerprint density at radius 3 is 2.58 bits per heavy atom. The molecule has 4 N–H and O–H groups in total. The van der Waals surface area contributed by atoms with Gasteiger partial charge in [-0.15, -0.1) is 0 Å². The van der Waals surface area contributed by atoms with Gasteiger partial charge in [-0.2, -0.15) is 0 Å². The molecule has 0 saturated carbocycles. The number of carboxylic acids is 1. The van der Waals surface area contributed by atoms with E-state index in [4.69, 9.17) is 15.2 Å². The number of rotatable bonds is 12. The van der Waals surface area contributed by atoms with E-state index in [2.05, 4.69) is 5.32 Å². The highest BCUT2D eigenvalue weighted by atomic mass is 16.5. The summed E-state index contributed by atoms with van der Waals surface area (Å²) in [6.07, 6.45) is 1.15. The molecule has 0 aliphatic carbocycles. The maximum Gasteiger partial charge on any atom is 0.408 e. The van der Waals surface area contributed by atoms with Gasteiger partial charge in [-0.3, -0.25) is 9.59 Å². The Bertz CT molecular complexity index is 1500. The van der Waals surface area contributed by atoms with Crippen LogP contribution in [-0.2, 0) is 32.1 Å². The van der Waals surface area contributed by atoms with Gasteiger partial charge < -0.3 is 30.5 Å². The fourth-order valence-electron chi connectivity index (χ4n) is 5.14. The number of ether oxygens (including phenoxy) is 2. The van der Waals surface area contributed by atoms with E-state index in [1.54, 1.807) is 6.07 Å². The molecule has 3 amide bonds. The lowest BCUT2D eigenvalue weighted by Crippen LogP contribution is -2.43. The summed E-state index contributed by atoms with van der Waals surface area (Å²) in [5.41, 5.74) is 11.9. The number of hydrogen-bond donors (Lipinski definition) is 3. The van der Waals surface area contributed by atoms with Crippen LogP contribution >= 0.6 is 0 Å². The van der Waals surface area contributed by atoms with Crippen LogP contribution in [0.5, 0.6) is 5.75 Å². The van der Waals surface area contributed by atoms with Crippen LogP contribution in [0.4, 0.5) is 10.5 Å². The first-order valence-electron chi connectivity index (χ1n) is 14.3. The van der Waals surface area contributed by atoms with Crippen molar-refractivity contribution in [2.24, 2.45) is 5.73 Å². The SMILES string of the molecule is Cc1cccc(OCCCC(=O)N2CCCc3c(-c4cccc(COC(=O)N[C@H](CC(N)=O)C(=O)O)c4)cccc32)c1C. The number of aliphatic carboxylic acids is 1. The first kappa shape index (κ1) is 31.1. The summed E-state index contributed by atoms with van der Waals surface area (Å²) in [5, 5.41) is 11.3. The van der Waals surface area contributed by atoms with Crippen LogP contribution < -0.4 is 20.7 Å². The molecule has 0 radical (unpaired) electrons. The fraction of sp³-hybridized carbons (Fsp3) is 0.333. The molecule has 4 rings (SSSR count). The van der Waals surface area contributed by atoms with E-state index >= 15 is 0 Å². The van der Waals surface area contributed by atoms with Gasteiger partial charge in [0.05, 0.1) is 13.0 Å². The van der Waals surface area contributed by atoms with E-state index < -0.39 is 30.4 Å². The van der Waals surface area contributed by atoms with Crippen molar-refractivity contribution in [3.8, 4) is 16.9 Å². The molecule has 0 bridgehead atoms. The number of nitrogens with one attached hydrogen (secondary N) is 1. The summed E-state index contributed by atoms with van der Waals surface area (Å²) in [6.45, 7) is 5.09. The summed E-state index contributed by atoms with van der Waals surface area (Å²) >= 11 is 0. The molecule has 0 aromatic heterocycles. The zero-order chi connectivity index (χ0) is 30.9. The minimum absolute atomic E-state index is 0.0619. The minimum Gasteiger partial charge on any atom is -0.493 e. The molecule has 1 heterocycles. The Morgan fingerprint density at radius 1 is 1.05 bits per heavy atom. The van der Waals surface area contributed by atoms with Gasteiger partial charge in [0.15, 0.2) is 0 Å². The van der Waals surface area contributed by atoms with E-state index in [0.717, 1.165) is 46.5 Å². The average molecular weight is 588 g/mol. The molecular weight excluding hydrogens is 550 g/mol. The Labute approximate surface area is 250 Å². The van der Waals surface area contributed by atoms with Crippen LogP contribution in [0, 0.1) is 13.8 Å². The third kappa shape index (κ3) is 8.12. The Balaban J connectivity index is 1.39. The highest BCUT2D eigenvalue weighted by molar-refractivity contribution is 5.96. The molecule has 43 heavy (non-hydrogen) atoms. The highest BCUT2D eigenvalue weighted by Crippen LogP contribution is 2.36. The van der Waals surface area contributed by atoms with Crippen molar-refractivity contribution in [1.29, 1.82) is 0 Å². The van der Waals surface area contributed by atoms with Gasteiger partial charge in [0.25, 0.3) is 0 Å². The van der Waals surface area contributed by atoms with Crippen molar-refractivity contribution in [2.45, 2.75) is 58.6 Å². The van der Waals surface area contributed by atoms with Crippen molar-refractivity contribution < 1.29 is 33.8 Å². The van der Waals surface area contributed by atoms with Crippen LogP contribution in [0.3, 0.4) is 0 Å².